The molecule has 0 amide bonds. The van der Waals surface area contributed by atoms with Gasteiger partial charge in [0.2, 0.25) is 0 Å². The molecule has 0 radical (unpaired) electrons. The first kappa shape index (κ1) is 18.2. The number of morpholine rings is 1. The Morgan fingerprint density at radius 3 is 2.64 bits per heavy atom. The summed E-state index contributed by atoms with van der Waals surface area (Å²) < 4.78 is 10.6. The fourth-order valence-electron chi connectivity index (χ4n) is 2.88. The molecule has 2 aromatic carbocycles. The van der Waals surface area contributed by atoms with Gasteiger partial charge in [-0.1, -0.05) is 41.4 Å². The molecule has 0 bridgehead atoms. The molecule has 6 heteroatoms. The Kier molecular flexibility index (Phi) is 5.97. The van der Waals surface area contributed by atoms with Gasteiger partial charge in [-0.2, -0.15) is 0 Å². The van der Waals surface area contributed by atoms with Crippen molar-refractivity contribution in [1.29, 1.82) is 0 Å². The minimum Gasteiger partial charge on any atom is -0.465 e. The van der Waals surface area contributed by atoms with Gasteiger partial charge in [-0.05, 0) is 35.4 Å². The summed E-state index contributed by atoms with van der Waals surface area (Å²) in [5.74, 6) is -0.322. The molecule has 0 saturated carbocycles. The van der Waals surface area contributed by atoms with E-state index < -0.39 is 0 Å². The molecule has 0 aliphatic carbocycles. The van der Waals surface area contributed by atoms with Gasteiger partial charge in [-0.25, -0.2) is 4.79 Å². The summed E-state index contributed by atoms with van der Waals surface area (Å²) >= 11 is 12.1. The van der Waals surface area contributed by atoms with Gasteiger partial charge in [0.15, 0.2) is 0 Å². The van der Waals surface area contributed by atoms with Gasteiger partial charge < -0.3 is 9.47 Å². The molecule has 0 aromatic heterocycles. The predicted molar refractivity (Wildman–Crippen MR) is 98.2 cm³/mol. The van der Waals surface area contributed by atoms with Crippen LogP contribution in [0.2, 0.25) is 10.0 Å². The molecule has 0 N–H and O–H groups in total. The van der Waals surface area contributed by atoms with Gasteiger partial charge in [-0.15, -0.1) is 0 Å². The average Bonchev–Trinajstić information content (AvgIpc) is 2.64. The van der Waals surface area contributed by atoms with Crippen molar-refractivity contribution in [3.05, 3.63) is 69.2 Å². The van der Waals surface area contributed by atoms with Crippen molar-refractivity contribution < 1.29 is 14.3 Å². The van der Waals surface area contributed by atoms with Crippen molar-refractivity contribution in [2.75, 3.05) is 26.8 Å². The van der Waals surface area contributed by atoms with E-state index in [0.29, 0.717) is 22.2 Å². The summed E-state index contributed by atoms with van der Waals surface area (Å²) in [6, 6.07) is 13.1. The number of hydrogen-bond acceptors (Lipinski definition) is 4. The maximum atomic E-state index is 11.5. The number of hydrogen-bond donors (Lipinski definition) is 0. The molecule has 25 heavy (non-hydrogen) atoms. The average molecular weight is 380 g/mol. The van der Waals surface area contributed by atoms with Crippen molar-refractivity contribution in [3.63, 3.8) is 0 Å². The van der Waals surface area contributed by atoms with Crippen molar-refractivity contribution in [2.24, 2.45) is 0 Å². The second kappa shape index (κ2) is 8.19. The summed E-state index contributed by atoms with van der Waals surface area (Å²) in [5, 5.41) is 1.09. The largest absolute Gasteiger partial charge is 0.465 e. The van der Waals surface area contributed by atoms with Gasteiger partial charge in [0.1, 0.15) is 0 Å². The zero-order valence-corrected chi connectivity index (χ0v) is 15.4. The number of benzene rings is 2. The lowest BCUT2D eigenvalue weighted by molar-refractivity contribution is -0.0329. The lowest BCUT2D eigenvalue weighted by Gasteiger charge is -2.33. The number of halogens is 2. The summed E-state index contributed by atoms with van der Waals surface area (Å²) in [6.45, 7) is 3.08. The van der Waals surface area contributed by atoms with Crippen molar-refractivity contribution in [3.8, 4) is 0 Å². The zero-order valence-electron chi connectivity index (χ0n) is 13.9. The number of carbonyl (C=O) groups excluding carboxylic acids is 1. The van der Waals surface area contributed by atoms with Gasteiger partial charge in [0, 0.05) is 19.6 Å². The summed E-state index contributed by atoms with van der Waals surface area (Å²) in [4.78, 5) is 13.8. The third kappa shape index (κ3) is 4.53. The molecule has 1 fully saturated rings. The number of esters is 1. The Hall–Kier alpha value is -1.59. The molecule has 3 rings (SSSR count). The van der Waals surface area contributed by atoms with Crippen LogP contribution >= 0.6 is 23.2 Å². The number of ether oxygens (including phenoxy) is 2. The van der Waals surface area contributed by atoms with Crippen LogP contribution in [0.4, 0.5) is 0 Å². The van der Waals surface area contributed by atoms with Crippen LogP contribution in [-0.2, 0) is 16.0 Å². The fraction of sp³-hybridized carbons (Fsp3) is 0.316. The third-order valence-electron chi connectivity index (χ3n) is 4.25. The zero-order chi connectivity index (χ0) is 17.8. The van der Waals surface area contributed by atoms with Crippen LogP contribution in [0.15, 0.2) is 42.5 Å². The highest BCUT2D eigenvalue weighted by Crippen LogP contribution is 2.29. The minimum atomic E-state index is -0.322. The Bertz CT molecular complexity index is 749. The SMILES string of the molecule is COC(=O)c1ccc(CN2CCOC(c3ccc(Cl)c(Cl)c3)C2)cc1. The van der Waals surface area contributed by atoms with E-state index in [0.717, 1.165) is 30.8 Å². The maximum absolute atomic E-state index is 11.5. The highest BCUT2D eigenvalue weighted by atomic mass is 35.5. The first-order valence-electron chi connectivity index (χ1n) is 8.03. The molecule has 1 atom stereocenters. The van der Waals surface area contributed by atoms with E-state index in [2.05, 4.69) is 4.90 Å². The van der Waals surface area contributed by atoms with E-state index >= 15 is 0 Å². The van der Waals surface area contributed by atoms with Crippen LogP contribution in [0.1, 0.15) is 27.6 Å². The van der Waals surface area contributed by atoms with E-state index in [4.69, 9.17) is 32.7 Å². The van der Waals surface area contributed by atoms with Crippen molar-refractivity contribution in [2.45, 2.75) is 12.6 Å². The molecule has 2 aromatic rings. The third-order valence-corrected chi connectivity index (χ3v) is 4.99. The van der Waals surface area contributed by atoms with Crippen LogP contribution < -0.4 is 0 Å². The maximum Gasteiger partial charge on any atom is 0.337 e. The van der Waals surface area contributed by atoms with E-state index in [9.17, 15) is 4.79 Å². The topological polar surface area (TPSA) is 38.8 Å². The minimum absolute atomic E-state index is 0.0298. The predicted octanol–water partition coefficient (Wildman–Crippen LogP) is 4.35. The van der Waals surface area contributed by atoms with Gasteiger partial charge in [-0.3, -0.25) is 4.90 Å². The number of rotatable bonds is 4. The normalized spacial score (nSPS) is 18.1. The van der Waals surface area contributed by atoms with E-state index in [1.54, 1.807) is 18.2 Å². The van der Waals surface area contributed by atoms with Gasteiger partial charge in [0.25, 0.3) is 0 Å². The fourth-order valence-corrected chi connectivity index (χ4v) is 3.19. The molecule has 1 aliphatic rings. The van der Waals surface area contributed by atoms with Gasteiger partial charge >= 0.3 is 5.97 Å². The first-order chi connectivity index (χ1) is 12.1. The van der Waals surface area contributed by atoms with E-state index in [1.165, 1.54) is 7.11 Å². The molecule has 1 heterocycles. The molecular weight excluding hydrogens is 361 g/mol. The number of methoxy groups -OCH3 is 1. The second-order valence-corrected chi connectivity index (χ2v) is 6.77. The van der Waals surface area contributed by atoms with Crippen LogP contribution in [0.5, 0.6) is 0 Å². The Morgan fingerprint density at radius 2 is 1.96 bits per heavy atom. The second-order valence-electron chi connectivity index (χ2n) is 5.96. The molecule has 1 unspecified atom stereocenters. The summed E-state index contributed by atoms with van der Waals surface area (Å²) in [6.07, 6.45) is -0.0298. The Morgan fingerprint density at radius 1 is 1.20 bits per heavy atom. The van der Waals surface area contributed by atoms with Crippen LogP contribution in [0, 0.1) is 0 Å². The molecule has 1 saturated heterocycles. The standard InChI is InChI=1S/C19H19Cl2NO3/c1-24-19(23)14-4-2-13(3-5-14)11-22-8-9-25-18(12-22)15-6-7-16(20)17(21)10-15/h2-7,10,18H,8-9,11-12H2,1H3. The van der Waals surface area contributed by atoms with Crippen LogP contribution in [0.25, 0.3) is 0 Å². The Balaban J connectivity index is 1.65. The van der Waals surface area contributed by atoms with Crippen LogP contribution in [-0.4, -0.2) is 37.7 Å². The van der Waals surface area contributed by atoms with Gasteiger partial charge in [0.05, 0.1) is 35.4 Å². The number of carbonyl (C=O) groups is 1. The highest BCUT2D eigenvalue weighted by molar-refractivity contribution is 6.42. The molecule has 132 valence electrons. The number of nitrogens with zero attached hydrogens (tertiary/aromatic N) is 1. The lowest BCUT2D eigenvalue weighted by Crippen LogP contribution is -2.37. The monoisotopic (exact) mass is 379 g/mol. The lowest BCUT2D eigenvalue weighted by atomic mass is 10.1. The molecular formula is C19H19Cl2NO3. The molecule has 0 spiro atoms. The van der Waals surface area contributed by atoms with E-state index in [-0.39, 0.29) is 12.1 Å². The molecule has 1 aliphatic heterocycles. The molecule has 4 nitrogen and oxygen atoms in total. The van der Waals surface area contributed by atoms with Crippen LogP contribution in [0.3, 0.4) is 0 Å². The quantitative estimate of drug-likeness (QED) is 0.740. The van der Waals surface area contributed by atoms with Crippen molar-refractivity contribution in [1.82, 2.24) is 4.90 Å². The van der Waals surface area contributed by atoms with Crippen molar-refractivity contribution >= 4 is 29.2 Å². The Labute approximate surface area is 157 Å². The highest BCUT2D eigenvalue weighted by Gasteiger charge is 2.22. The first-order valence-corrected chi connectivity index (χ1v) is 8.78. The summed E-state index contributed by atoms with van der Waals surface area (Å²) in [5.41, 5.74) is 2.73. The smallest absolute Gasteiger partial charge is 0.337 e. The summed E-state index contributed by atoms with van der Waals surface area (Å²) in [7, 11) is 1.38. The van der Waals surface area contributed by atoms with E-state index in [1.807, 2.05) is 24.3 Å².